The van der Waals surface area contributed by atoms with Gasteiger partial charge in [0.2, 0.25) is 11.8 Å². The fourth-order valence-corrected chi connectivity index (χ4v) is 4.56. The van der Waals surface area contributed by atoms with Crippen molar-refractivity contribution < 1.29 is 19.1 Å². The number of hydrogen-bond donors (Lipinski definition) is 2. The Hall–Kier alpha value is -2.41. The van der Waals surface area contributed by atoms with Gasteiger partial charge in [0, 0.05) is 38.2 Å². The molecule has 1 aliphatic carbocycles. The molecule has 0 aromatic heterocycles. The van der Waals surface area contributed by atoms with Gasteiger partial charge in [-0.1, -0.05) is 30.5 Å². The van der Waals surface area contributed by atoms with Crippen LogP contribution in [0.15, 0.2) is 24.3 Å². The number of amides is 3. The third-order valence-corrected chi connectivity index (χ3v) is 6.51. The van der Waals surface area contributed by atoms with Crippen molar-refractivity contribution in [2.45, 2.75) is 51.5 Å². The monoisotopic (exact) mass is 429 g/mol. The van der Waals surface area contributed by atoms with Gasteiger partial charge in [0.15, 0.2) is 0 Å². The maximum Gasteiger partial charge on any atom is 0.253 e. The number of carbonyl (C=O) groups excluding carboxylic acids is 3. The first kappa shape index (κ1) is 23.3. The first-order valence-corrected chi connectivity index (χ1v) is 11.4. The van der Waals surface area contributed by atoms with Crippen molar-refractivity contribution >= 4 is 17.7 Å². The summed E-state index contributed by atoms with van der Waals surface area (Å²) in [6.07, 6.45) is 5.31. The first-order valence-electron chi connectivity index (χ1n) is 11.4. The molecule has 3 amide bonds. The Kier molecular flexibility index (Phi) is 8.46. The zero-order valence-corrected chi connectivity index (χ0v) is 18.7. The number of nitrogens with zero attached hydrogens (tertiary/aromatic N) is 1. The summed E-state index contributed by atoms with van der Waals surface area (Å²) >= 11 is 0. The number of ether oxygens (including phenoxy) is 1. The molecule has 7 nitrogen and oxygen atoms in total. The van der Waals surface area contributed by atoms with Crippen molar-refractivity contribution in [2.24, 2.45) is 11.8 Å². The third kappa shape index (κ3) is 6.29. The SMILES string of the molecule is COCCNC(=O)C(NC(=O)C1CCCC1)C1CCN(C(=O)c2ccc(C)cc2)CC1. The molecular formula is C24H35N3O4. The summed E-state index contributed by atoms with van der Waals surface area (Å²) in [5, 5.41) is 5.92. The summed E-state index contributed by atoms with van der Waals surface area (Å²) in [7, 11) is 1.59. The molecule has 170 valence electrons. The number of nitrogens with one attached hydrogen (secondary N) is 2. The van der Waals surface area contributed by atoms with Gasteiger partial charge in [0.25, 0.3) is 5.91 Å². The summed E-state index contributed by atoms with van der Waals surface area (Å²) in [4.78, 5) is 40.3. The fraction of sp³-hybridized carbons (Fsp3) is 0.625. The minimum absolute atomic E-state index is 0.00923. The number of carbonyl (C=O) groups is 3. The Balaban J connectivity index is 1.61. The van der Waals surface area contributed by atoms with Crippen LogP contribution in [0.2, 0.25) is 0 Å². The first-order chi connectivity index (χ1) is 15.0. The minimum Gasteiger partial charge on any atom is -0.383 e. The van der Waals surface area contributed by atoms with Crippen LogP contribution in [0.1, 0.15) is 54.4 Å². The van der Waals surface area contributed by atoms with E-state index in [0.717, 1.165) is 31.2 Å². The second kappa shape index (κ2) is 11.3. The van der Waals surface area contributed by atoms with E-state index in [4.69, 9.17) is 4.74 Å². The average Bonchev–Trinajstić information content (AvgIpc) is 3.33. The number of piperidine rings is 1. The van der Waals surface area contributed by atoms with Crippen molar-refractivity contribution in [2.75, 3.05) is 33.4 Å². The topological polar surface area (TPSA) is 87.7 Å². The maximum atomic E-state index is 12.9. The van der Waals surface area contributed by atoms with E-state index in [2.05, 4.69) is 10.6 Å². The summed E-state index contributed by atoms with van der Waals surface area (Å²) in [5.41, 5.74) is 1.81. The van der Waals surface area contributed by atoms with E-state index in [9.17, 15) is 14.4 Å². The van der Waals surface area contributed by atoms with E-state index in [0.29, 0.717) is 44.6 Å². The van der Waals surface area contributed by atoms with Gasteiger partial charge in [-0.3, -0.25) is 14.4 Å². The van der Waals surface area contributed by atoms with Gasteiger partial charge < -0.3 is 20.3 Å². The number of likely N-dealkylation sites (tertiary alicyclic amines) is 1. The molecule has 31 heavy (non-hydrogen) atoms. The van der Waals surface area contributed by atoms with Crippen LogP contribution in [0.4, 0.5) is 0 Å². The van der Waals surface area contributed by atoms with Crippen molar-refractivity contribution in [3.8, 4) is 0 Å². The standard InChI is InChI=1S/C24H35N3O4/c1-17-7-9-20(10-8-17)24(30)27-14-11-18(12-15-27)21(23(29)25-13-16-31-2)26-22(28)19-5-3-4-6-19/h7-10,18-19,21H,3-6,11-16H2,1-2H3,(H,25,29)(H,26,28). The number of benzene rings is 1. The van der Waals surface area contributed by atoms with Crippen molar-refractivity contribution in [3.05, 3.63) is 35.4 Å². The smallest absolute Gasteiger partial charge is 0.253 e. The van der Waals surface area contributed by atoms with Crippen molar-refractivity contribution in [1.29, 1.82) is 0 Å². The molecule has 2 fully saturated rings. The summed E-state index contributed by atoms with van der Waals surface area (Å²) < 4.78 is 5.02. The lowest BCUT2D eigenvalue weighted by Crippen LogP contribution is -2.55. The lowest BCUT2D eigenvalue weighted by Gasteiger charge is -2.36. The summed E-state index contributed by atoms with van der Waals surface area (Å²) in [6.45, 7) is 4.00. The number of methoxy groups -OCH3 is 1. The highest BCUT2D eigenvalue weighted by molar-refractivity contribution is 5.94. The Bertz CT molecular complexity index is 751. The summed E-state index contributed by atoms with van der Waals surface area (Å²) in [6, 6.07) is 7.04. The molecule has 1 unspecified atom stereocenters. The molecule has 1 heterocycles. The van der Waals surface area contributed by atoms with Gasteiger partial charge in [-0.25, -0.2) is 0 Å². The number of rotatable bonds is 8. The van der Waals surface area contributed by atoms with E-state index in [1.165, 1.54) is 0 Å². The van der Waals surface area contributed by atoms with E-state index < -0.39 is 6.04 Å². The molecule has 3 rings (SSSR count). The predicted octanol–water partition coefficient (Wildman–Crippen LogP) is 2.28. The van der Waals surface area contributed by atoms with Crippen LogP contribution in [0.25, 0.3) is 0 Å². The largest absolute Gasteiger partial charge is 0.383 e. The molecule has 2 N–H and O–H groups in total. The average molecular weight is 430 g/mol. The summed E-state index contributed by atoms with van der Waals surface area (Å²) in [5.74, 6) is -0.128. The van der Waals surface area contributed by atoms with Gasteiger partial charge in [-0.05, 0) is 50.7 Å². The van der Waals surface area contributed by atoms with Crippen LogP contribution < -0.4 is 10.6 Å². The molecule has 1 saturated carbocycles. The van der Waals surface area contributed by atoms with Crippen LogP contribution in [0.5, 0.6) is 0 Å². The second-order valence-corrected chi connectivity index (χ2v) is 8.75. The highest BCUT2D eigenvalue weighted by Gasteiger charge is 2.35. The van der Waals surface area contributed by atoms with E-state index >= 15 is 0 Å². The number of hydrogen-bond acceptors (Lipinski definition) is 4. The lowest BCUT2D eigenvalue weighted by molar-refractivity contribution is -0.132. The molecule has 1 aromatic rings. The molecule has 0 spiro atoms. The zero-order valence-electron chi connectivity index (χ0n) is 18.7. The van der Waals surface area contributed by atoms with Gasteiger partial charge in [-0.15, -0.1) is 0 Å². The minimum atomic E-state index is -0.568. The van der Waals surface area contributed by atoms with Gasteiger partial charge in [0.05, 0.1) is 6.61 Å². The van der Waals surface area contributed by atoms with Crippen LogP contribution in [-0.2, 0) is 14.3 Å². The zero-order chi connectivity index (χ0) is 22.2. The molecule has 7 heteroatoms. The van der Waals surface area contributed by atoms with Gasteiger partial charge in [-0.2, -0.15) is 0 Å². The normalized spacial score (nSPS) is 18.6. The van der Waals surface area contributed by atoms with Crippen LogP contribution in [-0.4, -0.2) is 62.0 Å². The molecule has 0 bridgehead atoms. The molecule has 0 radical (unpaired) electrons. The molecule has 1 atom stereocenters. The van der Waals surface area contributed by atoms with Gasteiger partial charge in [0.1, 0.15) is 6.04 Å². The van der Waals surface area contributed by atoms with E-state index in [-0.39, 0.29) is 29.6 Å². The van der Waals surface area contributed by atoms with E-state index in [1.54, 1.807) is 7.11 Å². The molecule has 1 aromatic carbocycles. The second-order valence-electron chi connectivity index (χ2n) is 8.75. The molecular weight excluding hydrogens is 394 g/mol. The van der Waals surface area contributed by atoms with E-state index in [1.807, 2.05) is 36.1 Å². The quantitative estimate of drug-likeness (QED) is 0.621. The highest BCUT2D eigenvalue weighted by Crippen LogP contribution is 2.27. The highest BCUT2D eigenvalue weighted by atomic mass is 16.5. The van der Waals surface area contributed by atoms with Crippen LogP contribution in [0, 0.1) is 18.8 Å². The van der Waals surface area contributed by atoms with Crippen molar-refractivity contribution in [3.63, 3.8) is 0 Å². The Labute approximate surface area is 184 Å². The Morgan fingerprint density at radius 1 is 1.06 bits per heavy atom. The predicted molar refractivity (Wildman–Crippen MR) is 119 cm³/mol. The molecule has 1 aliphatic heterocycles. The molecule has 1 saturated heterocycles. The van der Waals surface area contributed by atoms with Gasteiger partial charge >= 0.3 is 0 Å². The molecule has 2 aliphatic rings. The number of aryl methyl sites for hydroxylation is 1. The fourth-order valence-electron chi connectivity index (χ4n) is 4.56. The lowest BCUT2D eigenvalue weighted by atomic mass is 9.88. The van der Waals surface area contributed by atoms with Crippen LogP contribution >= 0.6 is 0 Å². The van der Waals surface area contributed by atoms with Crippen molar-refractivity contribution in [1.82, 2.24) is 15.5 Å². The third-order valence-electron chi connectivity index (χ3n) is 6.51. The Morgan fingerprint density at radius 3 is 2.32 bits per heavy atom. The van der Waals surface area contributed by atoms with Crippen LogP contribution in [0.3, 0.4) is 0 Å². The Morgan fingerprint density at radius 2 is 1.71 bits per heavy atom. The maximum absolute atomic E-state index is 12.9.